The first-order chi connectivity index (χ1) is 10.6. The van der Waals surface area contributed by atoms with E-state index >= 15 is 0 Å². The van der Waals surface area contributed by atoms with Crippen LogP contribution in [0, 0.1) is 0 Å². The Morgan fingerprint density at radius 1 is 1.09 bits per heavy atom. The van der Waals surface area contributed by atoms with Crippen LogP contribution >= 0.6 is 0 Å². The van der Waals surface area contributed by atoms with Gasteiger partial charge >= 0.3 is 5.97 Å². The number of unbranched alkanes of at least 4 members (excludes halogenated alkanes) is 2. The van der Waals surface area contributed by atoms with E-state index in [0.717, 1.165) is 18.4 Å². The maximum atomic E-state index is 12.0. The van der Waals surface area contributed by atoms with E-state index in [9.17, 15) is 9.59 Å². The molecule has 0 unspecified atom stereocenters. The molecule has 1 amide bonds. The smallest absolute Gasteiger partial charge is 0.303 e. The summed E-state index contributed by atoms with van der Waals surface area (Å²) in [5.41, 5.74) is 0.718. The minimum Gasteiger partial charge on any atom is -0.496 e. The zero-order valence-corrected chi connectivity index (χ0v) is 13.1. The highest BCUT2D eigenvalue weighted by Gasteiger charge is 2.13. The Labute approximate surface area is 130 Å². The van der Waals surface area contributed by atoms with Gasteiger partial charge in [0.05, 0.1) is 20.6 Å². The number of methoxy groups -OCH3 is 2. The number of nitrogens with one attached hydrogen (secondary N) is 1. The second kappa shape index (κ2) is 9.65. The quantitative estimate of drug-likeness (QED) is 0.646. The molecule has 0 aromatic heterocycles. The zero-order chi connectivity index (χ0) is 16.4. The Morgan fingerprint density at radius 3 is 2.27 bits per heavy atom. The van der Waals surface area contributed by atoms with Crippen molar-refractivity contribution in [3.8, 4) is 11.5 Å². The third-order valence-electron chi connectivity index (χ3n) is 3.26. The van der Waals surface area contributed by atoms with Gasteiger partial charge in [0.1, 0.15) is 11.5 Å². The zero-order valence-electron chi connectivity index (χ0n) is 13.1. The topological polar surface area (TPSA) is 84.9 Å². The van der Waals surface area contributed by atoms with Gasteiger partial charge in [-0.05, 0) is 25.0 Å². The largest absolute Gasteiger partial charge is 0.496 e. The molecule has 0 spiro atoms. The lowest BCUT2D eigenvalue weighted by Gasteiger charge is -2.13. The third kappa shape index (κ3) is 6.03. The van der Waals surface area contributed by atoms with Crippen molar-refractivity contribution in [2.45, 2.75) is 32.1 Å². The van der Waals surface area contributed by atoms with E-state index < -0.39 is 5.97 Å². The molecule has 0 radical (unpaired) electrons. The third-order valence-corrected chi connectivity index (χ3v) is 3.26. The number of carbonyl (C=O) groups is 2. The minimum atomic E-state index is -0.785. The summed E-state index contributed by atoms with van der Waals surface area (Å²) >= 11 is 0. The summed E-state index contributed by atoms with van der Waals surface area (Å²) in [6, 6.07) is 5.38. The lowest BCUT2D eigenvalue weighted by molar-refractivity contribution is -0.137. The van der Waals surface area contributed by atoms with E-state index in [1.54, 1.807) is 26.4 Å². The van der Waals surface area contributed by atoms with Crippen molar-refractivity contribution >= 4 is 11.9 Å². The van der Waals surface area contributed by atoms with E-state index in [-0.39, 0.29) is 18.7 Å². The summed E-state index contributed by atoms with van der Waals surface area (Å²) in [4.78, 5) is 22.3. The fourth-order valence-corrected chi connectivity index (χ4v) is 2.13. The van der Waals surface area contributed by atoms with Crippen molar-refractivity contribution < 1.29 is 24.2 Å². The molecule has 0 atom stereocenters. The average molecular weight is 309 g/mol. The Hall–Kier alpha value is -2.24. The summed E-state index contributed by atoms with van der Waals surface area (Å²) in [7, 11) is 3.11. The van der Waals surface area contributed by atoms with E-state index in [2.05, 4.69) is 5.32 Å². The summed E-state index contributed by atoms with van der Waals surface area (Å²) < 4.78 is 10.5. The fourth-order valence-electron chi connectivity index (χ4n) is 2.13. The van der Waals surface area contributed by atoms with E-state index in [0.29, 0.717) is 24.5 Å². The maximum absolute atomic E-state index is 12.0. The van der Waals surface area contributed by atoms with Crippen molar-refractivity contribution in [2.75, 3.05) is 20.8 Å². The Kier molecular flexibility index (Phi) is 7.81. The first kappa shape index (κ1) is 17.8. The van der Waals surface area contributed by atoms with Crippen molar-refractivity contribution in [3.05, 3.63) is 23.8 Å². The highest BCUT2D eigenvalue weighted by atomic mass is 16.5. The Morgan fingerprint density at radius 2 is 1.73 bits per heavy atom. The summed E-state index contributed by atoms with van der Waals surface area (Å²) in [6.07, 6.45) is 2.53. The van der Waals surface area contributed by atoms with E-state index in [1.165, 1.54) is 0 Å². The van der Waals surface area contributed by atoms with Crippen molar-refractivity contribution in [2.24, 2.45) is 0 Å². The van der Waals surface area contributed by atoms with Gasteiger partial charge in [-0.3, -0.25) is 9.59 Å². The minimum absolute atomic E-state index is 0.110. The van der Waals surface area contributed by atoms with Gasteiger partial charge in [0.25, 0.3) is 0 Å². The molecule has 0 aliphatic carbocycles. The van der Waals surface area contributed by atoms with Crippen molar-refractivity contribution in [1.29, 1.82) is 0 Å². The summed E-state index contributed by atoms with van der Waals surface area (Å²) in [6.45, 7) is 0.538. The second-order valence-electron chi connectivity index (χ2n) is 4.87. The van der Waals surface area contributed by atoms with Crippen LogP contribution in [0.5, 0.6) is 11.5 Å². The van der Waals surface area contributed by atoms with Crippen LogP contribution in [0.2, 0.25) is 0 Å². The number of carboxylic acid groups (broad SMARTS) is 1. The predicted octanol–water partition coefficient (Wildman–Crippen LogP) is 2.01. The highest BCUT2D eigenvalue weighted by molar-refractivity contribution is 5.80. The first-order valence-corrected chi connectivity index (χ1v) is 7.26. The monoisotopic (exact) mass is 309 g/mol. The van der Waals surface area contributed by atoms with Gasteiger partial charge < -0.3 is 19.9 Å². The molecule has 0 aliphatic heterocycles. The van der Waals surface area contributed by atoms with Crippen molar-refractivity contribution in [1.82, 2.24) is 5.32 Å². The molecule has 2 N–H and O–H groups in total. The molecule has 0 saturated carbocycles. The van der Waals surface area contributed by atoms with Crippen LogP contribution in [-0.2, 0) is 16.0 Å². The van der Waals surface area contributed by atoms with Crippen molar-refractivity contribution in [3.63, 3.8) is 0 Å². The molecule has 0 bridgehead atoms. The number of ether oxygens (including phenoxy) is 2. The van der Waals surface area contributed by atoms with Crippen LogP contribution in [0.3, 0.4) is 0 Å². The molecular weight excluding hydrogens is 286 g/mol. The molecule has 122 valence electrons. The number of amides is 1. The lowest BCUT2D eigenvalue weighted by atomic mass is 10.1. The molecule has 6 heteroatoms. The molecule has 1 aromatic carbocycles. The Bertz CT molecular complexity index is 479. The van der Waals surface area contributed by atoms with Gasteiger partial charge in [-0.2, -0.15) is 0 Å². The molecule has 1 aromatic rings. The van der Waals surface area contributed by atoms with Crippen LogP contribution in [-0.4, -0.2) is 37.7 Å². The Balaban J connectivity index is 2.40. The molecule has 0 aliphatic rings. The summed E-state index contributed by atoms with van der Waals surface area (Å²) in [5.74, 6) is 0.347. The highest BCUT2D eigenvalue weighted by Crippen LogP contribution is 2.28. The fraction of sp³-hybridized carbons (Fsp3) is 0.500. The standard InChI is InChI=1S/C16H23NO5/c1-21-13-7-6-8-14(22-2)12(13)11-15(18)17-10-5-3-4-9-16(19)20/h6-8H,3-5,9-11H2,1-2H3,(H,17,18)(H,19,20). The molecule has 1 rings (SSSR count). The number of benzene rings is 1. The van der Waals surface area contributed by atoms with Crippen LogP contribution < -0.4 is 14.8 Å². The maximum Gasteiger partial charge on any atom is 0.303 e. The van der Waals surface area contributed by atoms with Gasteiger partial charge in [0.15, 0.2) is 0 Å². The van der Waals surface area contributed by atoms with Gasteiger partial charge in [-0.15, -0.1) is 0 Å². The number of carbonyl (C=O) groups excluding carboxylic acids is 1. The van der Waals surface area contributed by atoms with Crippen LogP contribution in [0.1, 0.15) is 31.2 Å². The number of hydrogen-bond acceptors (Lipinski definition) is 4. The number of aliphatic carboxylic acids is 1. The van der Waals surface area contributed by atoms with Gasteiger partial charge in [0, 0.05) is 18.5 Å². The van der Waals surface area contributed by atoms with Crippen LogP contribution in [0.4, 0.5) is 0 Å². The molecule has 22 heavy (non-hydrogen) atoms. The SMILES string of the molecule is COc1cccc(OC)c1CC(=O)NCCCCCC(=O)O. The molecule has 0 saturated heterocycles. The average Bonchev–Trinajstić information content (AvgIpc) is 2.50. The van der Waals surface area contributed by atoms with Gasteiger partial charge in [-0.1, -0.05) is 12.5 Å². The lowest BCUT2D eigenvalue weighted by Crippen LogP contribution is -2.26. The predicted molar refractivity (Wildman–Crippen MR) is 82.4 cm³/mol. The van der Waals surface area contributed by atoms with Gasteiger partial charge in [0.2, 0.25) is 5.91 Å². The van der Waals surface area contributed by atoms with Crippen LogP contribution in [0.15, 0.2) is 18.2 Å². The van der Waals surface area contributed by atoms with E-state index in [4.69, 9.17) is 14.6 Å². The number of carboxylic acids is 1. The van der Waals surface area contributed by atoms with Crippen LogP contribution in [0.25, 0.3) is 0 Å². The molecule has 6 nitrogen and oxygen atoms in total. The first-order valence-electron chi connectivity index (χ1n) is 7.26. The molecule has 0 heterocycles. The van der Waals surface area contributed by atoms with E-state index in [1.807, 2.05) is 6.07 Å². The number of rotatable bonds is 10. The summed E-state index contributed by atoms with van der Waals surface area (Å²) in [5, 5.41) is 11.4. The van der Waals surface area contributed by atoms with Gasteiger partial charge in [-0.25, -0.2) is 0 Å². The number of hydrogen-bond donors (Lipinski definition) is 2. The molecule has 0 fully saturated rings. The normalized spacial score (nSPS) is 10.1. The second-order valence-corrected chi connectivity index (χ2v) is 4.87. The molecular formula is C16H23NO5.